The van der Waals surface area contributed by atoms with E-state index in [0.29, 0.717) is 17.3 Å². The molecule has 130 valence electrons. The summed E-state index contributed by atoms with van der Waals surface area (Å²) in [6, 6.07) is 10.6. The highest BCUT2D eigenvalue weighted by Crippen LogP contribution is 2.22. The topological polar surface area (TPSA) is 76.1 Å². The lowest BCUT2D eigenvalue weighted by molar-refractivity contribution is -0.118. The van der Waals surface area contributed by atoms with Crippen molar-refractivity contribution < 1.29 is 9.53 Å². The minimum Gasteiger partial charge on any atom is -0.437 e. The highest BCUT2D eigenvalue weighted by molar-refractivity contribution is 5.95. The van der Waals surface area contributed by atoms with Crippen molar-refractivity contribution in [3.63, 3.8) is 0 Å². The summed E-state index contributed by atoms with van der Waals surface area (Å²) in [5, 5.41) is 13.8. The van der Waals surface area contributed by atoms with E-state index < -0.39 is 0 Å². The van der Waals surface area contributed by atoms with Crippen LogP contribution in [0.4, 0.5) is 5.69 Å². The number of halogens is 2. The number of carbonyl (C=O) groups is 1. The van der Waals surface area contributed by atoms with Crippen molar-refractivity contribution in [3.05, 3.63) is 42.6 Å². The average Bonchev–Trinajstić information content (AvgIpc) is 2.57. The van der Waals surface area contributed by atoms with E-state index in [0.717, 1.165) is 25.8 Å². The van der Waals surface area contributed by atoms with Crippen molar-refractivity contribution in [1.82, 2.24) is 15.5 Å². The Hall–Kier alpha value is -1.89. The summed E-state index contributed by atoms with van der Waals surface area (Å²) in [4.78, 5) is 12.2. The molecule has 1 fully saturated rings. The Morgan fingerprint density at radius 3 is 2.79 bits per heavy atom. The zero-order chi connectivity index (χ0) is 15.2. The molecule has 8 heteroatoms. The van der Waals surface area contributed by atoms with Crippen LogP contribution < -0.4 is 15.4 Å². The summed E-state index contributed by atoms with van der Waals surface area (Å²) in [5.41, 5.74) is 0.707. The SMILES string of the molecule is Cl.Cl.O=C(Nc1cccc(Oc2cccnn2)c1)[C@H]1CCCCN1. The van der Waals surface area contributed by atoms with Crippen LogP contribution in [0.1, 0.15) is 19.3 Å². The summed E-state index contributed by atoms with van der Waals surface area (Å²) in [6.07, 6.45) is 4.68. The summed E-state index contributed by atoms with van der Waals surface area (Å²) >= 11 is 0. The lowest BCUT2D eigenvalue weighted by Crippen LogP contribution is -2.43. The molecule has 0 unspecified atom stereocenters. The lowest BCUT2D eigenvalue weighted by atomic mass is 10.0. The molecule has 0 aliphatic carbocycles. The van der Waals surface area contributed by atoms with Crippen LogP contribution >= 0.6 is 24.8 Å². The van der Waals surface area contributed by atoms with Gasteiger partial charge in [0.25, 0.3) is 0 Å². The molecule has 24 heavy (non-hydrogen) atoms. The highest BCUT2D eigenvalue weighted by atomic mass is 35.5. The second-order valence-electron chi connectivity index (χ2n) is 5.18. The molecule has 1 aliphatic heterocycles. The zero-order valence-electron chi connectivity index (χ0n) is 13.0. The molecule has 1 amide bonds. The highest BCUT2D eigenvalue weighted by Gasteiger charge is 2.20. The molecule has 1 atom stereocenters. The molecular weight excluding hydrogens is 351 g/mol. The van der Waals surface area contributed by atoms with Gasteiger partial charge < -0.3 is 15.4 Å². The Balaban J connectivity index is 0.00000144. The first-order valence-corrected chi connectivity index (χ1v) is 7.41. The molecule has 3 rings (SSSR count). The van der Waals surface area contributed by atoms with Gasteiger partial charge in [-0.1, -0.05) is 12.5 Å². The second kappa shape index (κ2) is 10.1. The number of carbonyl (C=O) groups excluding carboxylic acids is 1. The predicted octanol–water partition coefficient (Wildman–Crippen LogP) is 3.19. The van der Waals surface area contributed by atoms with Crippen molar-refractivity contribution >= 4 is 36.4 Å². The first kappa shape index (κ1) is 20.2. The van der Waals surface area contributed by atoms with Crippen LogP contribution in [-0.2, 0) is 4.79 Å². The van der Waals surface area contributed by atoms with E-state index in [1.807, 2.05) is 18.2 Å². The van der Waals surface area contributed by atoms with Crippen LogP contribution in [0.25, 0.3) is 0 Å². The fourth-order valence-electron chi connectivity index (χ4n) is 2.40. The second-order valence-corrected chi connectivity index (χ2v) is 5.18. The largest absolute Gasteiger partial charge is 0.437 e. The number of piperidine rings is 1. The van der Waals surface area contributed by atoms with Gasteiger partial charge in [-0.05, 0) is 37.6 Å². The first-order chi connectivity index (χ1) is 10.8. The van der Waals surface area contributed by atoms with Gasteiger partial charge in [0.2, 0.25) is 11.8 Å². The summed E-state index contributed by atoms with van der Waals surface area (Å²) in [6.45, 7) is 0.897. The van der Waals surface area contributed by atoms with Gasteiger partial charge >= 0.3 is 0 Å². The molecule has 0 bridgehead atoms. The molecule has 1 saturated heterocycles. The number of hydrogen-bond acceptors (Lipinski definition) is 5. The summed E-state index contributed by atoms with van der Waals surface area (Å²) in [5.74, 6) is 1.02. The number of ether oxygens (including phenoxy) is 1. The number of hydrogen-bond donors (Lipinski definition) is 2. The molecule has 2 N–H and O–H groups in total. The molecular formula is C16H20Cl2N4O2. The number of rotatable bonds is 4. The van der Waals surface area contributed by atoms with Crippen molar-refractivity contribution in [2.24, 2.45) is 0 Å². The molecule has 1 aromatic carbocycles. The van der Waals surface area contributed by atoms with Gasteiger partial charge in [-0.3, -0.25) is 4.79 Å². The average molecular weight is 371 g/mol. The molecule has 6 nitrogen and oxygen atoms in total. The van der Waals surface area contributed by atoms with Gasteiger partial charge in [-0.25, -0.2) is 0 Å². The Labute approximate surface area is 153 Å². The van der Waals surface area contributed by atoms with Crippen molar-refractivity contribution in [1.29, 1.82) is 0 Å². The number of nitrogens with zero attached hydrogens (tertiary/aromatic N) is 2. The van der Waals surface area contributed by atoms with Crippen LogP contribution in [0.3, 0.4) is 0 Å². The van der Waals surface area contributed by atoms with Gasteiger partial charge in [0.05, 0.1) is 6.04 Å². The van der Waals surface area contributed by atoms with E-state index in [4.69, 9.17) is 4.74 Å². The number of benzene rings is 1. The molecule has 0 saturated carbocycles. The third-order valence-electron chi connectivity index (χ3n) is 3.50. The van der Waals surface area contributed by atoms with E-state index in [1.165, 1.54) is 0 Å². The van der Waals surface area contributed by atoms with Gasteiger partial charge in [0.15, 0.2) is 0 Å². The molecule has 2 heterocycles. The van der Waals surface area contributed by atoms with Gasteiger partial charge in [-0.2, -0.15) is 5.10 Å². The minimum atomic E-state index is -0.113. The Morgan fingerprint density at radius 1 is 1.21 bits per heavy atom. The standard InChI is InChI=1S/C16H18N4O2.2ClH/c21-16(14-7-1-2-9-17-14)19-12-5-3-6-13(11-12)22-15-8-4-10-18-20-15;;/h3-6,8,10-11,14,17H,1-2,7,9H2,(H,19,21);2*1H/t14-;;/m1../s1. The summed E-state index contributed by atoms with van der Waals surface area (Å²) < 4.78 is 5.61. The van der Waals surface area contributed by atoms with Crippen LogP contribution in [0.2, 0.25) is 0 Å². The van der Waals surface area contributed by atoms with E-state index in [1.54, 1.807) is 24.4 Å². The monoisotopic (exact) mass is 370 g/mol. The van der Waals surface area contributed by atoms with Crippen molar-refractivity contribution in [3.8, 4) is 11.6 Å². The fourth-order valence-corrected chi connectivity index (χ4v) is 2.40. The van der Waals surface area contributed by atoms with Crippen LogP contribution in [0.15, 0.2) is 42.6 Å². The van der Waals surface area contributed by atoms with Gasteiger partial charge in [0, 0.05) is 24.0 Å². The molecule has 1 aromatic heterocycles. The number of amides is 1. The van der Waals surface area contributed by atoms with E-state index >= 15 is 0 Å². The van der Waals surface area contributed by atoms with Gasteiger partial charge in [0.1, 0.15) is 5.75 Å². The maximum absolute atomic E-state index is 12.2. The quantitative estimate of drug-likeness (QED) is 0.863. The van der Waals surface area contributed by atoms with Crippen LogP contribution in [-0.4, -0.2) is 28.7 Å². The zero-order valence-corrected chi connectivity index (χ0v) is 14.6. The normalized spacial score (nSPS) is 16.2. The third kappa shape index (κ3) is 5.63. The molecule has 2 aromatic rings. The Kier molecular flexibility index (Phi) is 8.46. The van der Waals surface area contributed by atoms with Crippen LogP contribution in [0, 0.1) is 0 Å². The minimum absolute atomic E-state index is 0. The van der Waals surface area contributed by atoms with Crippen molar-refractivity contribution in [2.45, 2.75) is 25.3 Å². The van der Waals surface area contributed by atoms with E-state index in [2.05, 4.69) is 20.8 Å². The van der Waals surface area contributed by atoms with E-state index in [-0.39, 0.29) is 36.8 Å². The van der Waals surface area contributed by atoms with Gasteiger partial charge in [-0.15, -0.1) is 29.9 Å². The smallest absolute Gasteiger partial charge is 0.241 e. The lowest BCUT2D eigenvalue weighted by Gasteiger charge is -2.22. The van der Waals surface area contributed by atoms with Crippen LogP contribution in [0.5, 0.6) is 11.6 Å². The molecule has 1 aliphatic rings. The number of anilines is 1. The van der Waals surface area contributed by atoms with E-state index in [9.17, 15) is 4.79 Å². The maximum Gasteiger partial charge on any atom is 0.241 e. The number of nitrogens with one attached hydrogen (secondary N) is 2. The third-order valence-corrected chi connectivity index (χ3v) is 3.50. The molecule has 0 spiro atoms. The first-order valence-electron chi connectivity index (χ1n) is 7.41. The fraction of sp³-hybridized carbons (Fsp3) is 0.312. The summed E-state index contributed by atoms with van der Waals surface area (Å²) in [7, 11) is 0. The Morgan fingerprint density at radius 2 is 2.08 bits per heavy atom. The van der Waals surface area contributed by atoms with Crippen molar-refractivity contribution in [2.75, 3.05) is 11.9 Å². The maximum atomic E-state index is 12.2. The predicted molar refractivity (Wildman–Crippen MR) is 97.3 cm³/mol. The Bertz CT molecular complexity index is 637. The molecule has 0 radical (unpaired) electrons. The number of aromatic nitrogens is 2.